The van der Waals surface area contributed by atoms with Gasteiger partial charge in [-0.05, 0) is 25.0 Å². The molecule has 1 unspecified atom stereocenters. The van der Waals surface area contributed by atoms with E-state index in [9.17, 15) is 4.79 Å². The summed E-state index contributed by atoms with van der Waals surface area (Å²) in [5.41, 5.74) is 9.26. The van der Waals surface area contributed by atoms with Crippen LogP contribution in [0.25, 0.3) is 0 Å². The number of hydrogen-bond acceptors (Lipinski definition) is 3. The smallest absolute Gasteiger partial charge is 0.238 e. The van der Waals surface area contributed by atoms with E-state index in [1.165, 1.54) is 7.05 Å². The first-order valence-corrected chi connectivity index (χ1v) is 5.25. The first kappa shape index (κ1) is 12.7. The fourth-order valence-electron chi connectivity index (χ4n) is 1.60. The third kappa shape index (κ3) is 3.05. The molecule has 0 radical (unpaired) electrons. The number of nitrogens with two attached hydrogens (primary N) is 2. The topological polar surface area (TPSA) is 72.4 Å². The highest BCUT2D eigenvalue weighted by Gasteiger charge is 2.15. The van der Waals surface area contributed by atoms with Crippen molar-refractivity contribution in [3.63, 3.8) is 0 Å². The summed E-state index contributed by atoms with van der Waals surface area (Å²) in [5.74, 6) is 5.20. The molecule has 0 bridgehead atoms. The molecule has 4 N–H and O–H groups in total. The monoisotopic (exact) mass is 221 g/mol. The van der Waals surface area contributed by atoms with Crippen LogP contribution in [-0.2, 0) is 4.79 Å². The lowest BCUT2D eigenvalue weighted by molar-refractivity contribution is -0.130. The van der Waals surface area contributed by atoms with E-state index in [1.54, 1.807) is 0 Å². The number of carbonyl (C=O) groups excluding carboxylic acids is 1. The maximum atomic E-state index is 11.4. The van der Waals surface area contributed by atoms with Gasteiger partial charge in [0.1, 0.15) is 0 Å². The second kappa shape index (κ2) is 5.09. The number of carbonyl (C=O) groups is 1. The molecule has 0 aliphatic heterocycles. The number of hydrazine groups is 1. The van der Waals surface area contributed by atoms with Crippen molar-refractivity contribution in [1.82, 2.24) is 5.01 Å². The van der Waals surface area contributed by atoms with Gasteiger partial charge in [-0.2, -0.15) is 0 Å². The third-order valence-electron chi connectivity index (χ3n) is 2.62. The minimum atomic E-state index is -0.293. The van der Waals surface area contributed by atoms with Gasteiger partial charge in [0.25, 0.3) is 0 Å². The van der Waals surface area contributed by atoms with E-state index < -0.39 is 0 Å². The molecule has 1 aromatic rings. The van der Waals surface area contributed by atoms with Gasteiger partial charge in [0.15, 0.2) is 0 Å². The number of nitrogens with zero attached hydrogens (tertiary/aromatic N) is 1. The summed E-state index contributed by atoms with van der Waals surface area (Å²) in [6, 6.07) is 5.77. The molecular weight excluding hydrogens is 202 g/mol. The fraction of sp³-hybridized carbons (Fsp3) is 0.417. The first-order valence-electron chi connectivity index (χ1n) is 5.25. The molecule has 0 saturated carbocycles. The van der Waals surface area contributed by atoms with Crippen molar-refractivity contribution >= 4 is 5.91 Å². The normalized spacial score (nSPS) is 12.3. The Morgan fingerprint density at radius 2 is 2.06 bits per heavy atom. The van der Waals surface area contributed by atoms with E-state index in [1.807, 2.05) is 32.0 Å². The molecular formula is C12H19N3O. The van der Waals surface area contributed by atoms with Crippen molar-refractivity contribution in [3.8, 4) is 0 Å². The van der Waals surface area contributed by atoms with Crippen LogP contribution >= 0.6 is 0 Å². The maximum absolute atomic E-state index is 11.4. The van der Waals surface area contributed by atoms with E-state index in [-0.39, 0.29) is 18.4 Å². The number of aryl methyl sites for hydroxylation is 2. The van der Waals surface area contributed by atoms with Crippen LogP contribution in [0.1, 0.15) is 29.2 Å². The van der Waals surface area contributed by atoms with Crippen LogP contribution in [0.4, 0.5) is 0 Å². The zero-order valence-electron chi connectivity index (χ0n) is 10.0. The van der Waals surface area contributed by atoms with E-state index in [4.69, 9.17) is 11.6 Å². The van der Waals surface area contributed by atoms with E-state index in [0.717, 1.165) is 21.7 Å². The van der Waals surface area contributed by atoms with E-state index in [2.05, 4.69) is 0 Å². The molecule has 0 heterocycles. The maximum Gasteiger partial charge on any atom is 0.238 e. The number of hydrogen-bond donors (Lipinski definition) is 2. The largest absolute Gasteiger partial charge is 0.324 e. The summed E-state index contributed by atoms with van der Waals surface area (Å²) >= 11 is 0. The molecule has 16 heavy (non-hydrogen) atoms. The molecule has 1 rings (SSSR count). The highest BCUT2D eigenvalue weighted by atomic mass is 16.2. The number of benzene rings is 1. The van der Waals surface area contributed by atoms with Gasteiger partial charge in [-0.1, -0.05) is 23.8 Å². The standard InChI is InChI=1S/C12H19N3O/c1-8-4-5-9(2)10(6-8)11(13)7-12(16)15(3)14/h4-6,11H,7,13-14H2,1-3H3. The van der Waals surface area contributed by atoms with Crippen LogP contribution in [-0.4, -0.2) is 18.0 Å². The van der Waals surface area contributed by atoms with Gasteiger partial charge in [0, 0.05) is 19.5 Å². The molecule has 0 aliphatic rings. The molecule has 0 aromatic heterocycles. The van der Waals surface area contributed by atoms with Gasteiger partial charge in [-0.15, -0.1) is 0 Å². The van der Waals surface area contributed by atoms with E-state index in [0.29, 0.717) is 0 Å². The highest BCUT2D eigenvalue weighted by molar-refractivity contribution is 5.76. The predicted molar refractivity (Wildman–Crippen MR) is 64.4 cm³/mol. The van der Waals surface area contributed by atoms with Crippen molar-refractivity contribution in [2.45, 2.75) is 26.3 Å². The zero-order chi connectivity index (χ0) is 12.3. The minimum Gasteiger partial charge on any atom is -0.324 e. The van der Waals surface area contributed by atoms with Crippen molar-refractivity contribution in [3.05, 3.63) is 34.9 Å². The van der Waals surface area contributed by atoms with Gasteiger partial charge >= 0.3 is 0 Å². The van der Waals surface area contributed by atoms with Crippen LogP contribution in [0.2, 0.25) is 0 Å². The molecule has 4 nitrogen and oxygen atoms in total. The van der Waals surface area contributed by atoms with Gasteiger partial charge in [0.2, 0.25) is 5.91 Å². The summed E-state index contributed by atoms with van der Waals surface area (Å²) in [7, 11) is 1.53. The van der Waals surface area contributed by atoms with Crippen molar-refractivity contribution in [2.75, 3.05) is 7.05 Å². The summed E-state index contributed by atoms with van der Waals surface area (Å²) in [5, 5.41) is 1.07. The first-order chi connectivity index (χ1) is 7.41. The molecule has 1 amide bonds. The quantitative estimate of drug-likeness (QED) is 0.455. The molecule has 0 aliphatic carbocycles. The van der Waals surface area contributed by atoms with Crippen LogP contribution in [0.15, 0.2) is 18.2 Å². The average Bonchev–Trinajstić information content (AvgIpc) is 2.21. The van der Waals surface area contributed by atoms with Crippen LogP contribution in [0.5, 0.6) is 0 Å². The summed E-state index contributed by atoms with van der Waals surface area (Å²) < 4.78 is 0. The van der Waals surface area contributed by atoms with Gasteiger partial charge < -0.3 is 5.73 Å². The van der Waals surface area contributed by atoms with Crippen molar-refractivity contribution in [2.24, 2.45) is 11.6 Å². The summed E-state index contributed by atoms with van der Waals surface area (Å²) in [4.78, 5) is 11.4. The second-order valence-corrected chi connectivity index (χ2v) is 4.18. The summed E-state index contributed by atoms with van der Waals surface area (Å²) in [6.45, 7) is 4.00. The molecule has 0 saturated heterocycles. The number of amides is 1. The lowest BCUT2D eigenvalue weighted by atomic mass is 9.97. The Hall–Kier alpha value is -1.39. The van der Waals surface area contributed by atoms with Crippen LogP contribution in [0.3, 0.4) is 0 Å². The summed E-state index contributed by atoms with van der Waals surface area (Å²) in [6.07, 6.45) is 0.233. The Morgan fingerprint density at radius 3 is 2.62 bits per heavy atom. The van der Waals surface area contributed by atoms with Crippen molar-refractivity contribution in [1.29, 1.82) is 0 Å². The minimum absolute atomic E-state index is 0.159. The predicted octanol–water partition coefficient (Wildman–Crippen LogP) is 1.03. The lowest BCUT2D eigenvalue weighted by Crippen LogP contribution is -2.35. The van der Waals surface area contributed by atoms with E-state index >= 15 is 0 Å². The lowest BCUT2D eigenvalue weighted by Gasteiger charge is -2.17. The Labute approximate surface area is 96.2 Å². The Morgan fingerprint density at radius 1 is 1.44 bits per heavy atom. The van der Waals surface area contributed by atoms with Crippen molar-refractivity contribution < 1.29 is 4.79 Å². The molecule has 4 heteroatoms. The van der Waals surface area contributed by atoms with Crippen LogP contribution in [0, 0.1) is 13.8 Å². The van der Waals surface area contributed by atoms with Gasteiger partial charge in [-0.25, -0.2) is 5.84 Å². The molecule has 0 spiro atoms. The molecule has 1 aromatic carbocycles. The number of rotatable bonds is 3. The third-order valence-corrected chi connectivity index (χ3v) is 2.62. The molecule has 1 atom stereocenters. The molecule has 88 valence electrons. The Bertz CT molecular complexity index is 388. The van der Waals surface area contributed by atoms with Crippen LogP contribution < -0.4 is 11.6 Å². The second-order valence-electron chi connectivity index (χ2n) is 4.18. The Kier molecular flexibility index (Phi) is 4.04. The SMILES string of the molecule is Cc1ccc(C)c(C(N)CC(=O)N(C)N)c1. The Balaban J connectivity index is 2.84. The van der Waals surface area contributed by atoms with Gasteiger partial charge in [0.05, 0.1) is 0 Å². The average molecular weight is 221 g/mol. The molecule has 0 fully saturated rings. The van der Waals surface area contributed by atoms with Gasteiger partial charge in [-0.3, -0.25) is 9.80 Å². The fourth-order valence-corrected chi connectivity index (χ4v) is 1.60. The zero-order valence-corrected chi connectivity index (χ0v) is 10.0. The highest BCUT2D eigenvalue weighted by Crippen LogP contribution is 2.20.